The smallest absolute Gasteiger partial charge is 0.226 e. The number of rotatable bonds is 6. The van der Waals surface area contributed by atoms with Crippen LogP contribution in [0.1, 0.15) is 36.8 Å². The first-order chi connectivity index (χ1) is 14.1. The van der Waals surface area contributed by atoms with Crippen molar-refractivity contribution in [1.29, 1.82) is 0 Å². The Kier molecular flexibility index (Phi) is 5.45. The summed E-state index contributed by atoms with van der Waals surface area (Å²) in [5.74, 6) is 1.88. The molecule has 0 fully saturated rings. The van der Waals surface area contributed by atoms with Crippen LogP contribution in [0.15, 0.2) is 48.7 Å². The highest BCUT2D eigenvalue weighted by Crippen LogP contribution is 2.40. The van der Waals surface area contributed by atoms with E-state index in [1.54, 1.807) is 23.9 Å². The van der Waals surface area contributed by atoms with Gasteiger partial charge in [0.25, 0.3) is 0 Å². The lowest BCUT2D eigenvalue weighted by Gasteiger charge is -2.24. The van der Waals surface area contributed by atoms with E-state index in [4.69, 9.17) is 21.1 Å². The van der Waals surface area contributed by atoms with E-state index in [1.807, 2.05) is 36.5 Å². The van der Waals surface area contributed by atoms with Gasteiger partial charge in [0.2, 0.25) is 5.91 Å². The third-order valence-corrected chi connectivity index (χ3v) is 5.20. The number of anilines is 1. The molecule has 0 radical (unpaired) electrons. The zero-order valence-electron chi connectivity index (χ0n) is 16.3. The van der Waals surface area contributed by atoms with Gasteiger partial charge in [0.1, 0.15) is 5.82 Å². The second-order valence-electron chi connectivity index (χ2n) is 6.90. The third-order valence-electron chi connectivity index (χ3n) is 4.94. The van der Waals surface area contributed by atoms with Crippen LogP contribution >= 0.6 is 11.6 Å². The average Bonchev–Trinajstić information content (AvgIpc) is 3.15. The molecule has 1 amide bonds. The van der Waals surface area contributed by atoms with Gasteiger partial charge in [-0.3, -0.25) is 4.79 Å². The molecular formula is C22H22ClN3O3. The van der Waals surface area contributed by atoms with Crippen molar-refractivity contribution in [2.45, 2.75) is 25.7 Å². The van der Waals surface area contributed by atoms with Crippen molar-refractivity contribution in [2.75, 3.05) is 19.0 Å². The van der Waals surface area contributed by atoms with Gasteiger partial charge in [-0.2, -0.15) is 5.10 Å². The molecule has 1 aromatic heterocycles. The fourth-order valence-electron chi connectivity index (χ4n) is 3.53. The number of carbonyl (C=O) groups is 1. The van der Waals surface area contributed by atoms with Gasteiger partial charge in [-0.1, -0.05) is 24.6 Å². The van der Waals surface area contributed by atoms with Gasteiger partial charge < -0.3 is 14.8 Å². The standard InChI is InChI=1S/C22H22ClN3O3/c1-3-10-29-19-9-4-14(11-20(19)28-2)17-12-21(27)25-22-18(17)13-24-26(22)16-7-5-15(23)6-8-16/h4-9,11,13,17H,3,10,12H2,1-2H3,(H,25,27)/t17-/m1/s1. The van der Waals surface area contributed by atoms with E-state index < -0.39 is 0 Å². The molecule has 2 aromatic carbocycles. The van der Waals surface area contributed by atoms with Crippen LogP contribution in [0.5, 0.6) is 11.5 Å². The summed E-state index contributed by atoms with van der Waals surface area (Å²) in [5.41, 5.74) is 2.78. The number of aromatic nitrogens is 2. The normalized spacial score (nSPS) is 15.6. The number of fused-ring (bicyclic) bond motifs is 1. The number of benzene rings is 2. The quantitative estimate of drug-likeness (QED) is 0.632. The van der Waals surface area contributed by atoms with E-state index in [0.717, 1.165) is 23.2 Å². The van der Waals surface area contributed by atoms with E-state index in [1.165, 1.54) is 0 Å². The summed E-state index contributed by atoms with van der Waals surface area (Å²) in [7, 11) is 1.62. The van der Waals surface area contributed by atoms with Gasteiger partial charge in [0, 0.05) is 22.9 Å². The molecule has 0 unspecified atom stereocenters. The number of hydrogen-bond acceptors (Lipinski definition) is 4. The van der Waals surface area contributed by atoms with Crippen LogP contribution in [0.2, 0.25) is 5.02 Å². The van der Waals surface area contributed by atoms with E-state index in [0.29, 0.717) is 35.4 Å². The molecule has 0 saturated carbocycles. The van der Waals surface area contributed by atoms with Crippen molar-refractivity contribution < 1.29 is 14.3 Å². The molecular weight excluding hydrogens is 390 g/mol. The number of amides is 1. The summed E-state index contributed by atoms with van der Waals surface area (Å²) in [5, 5.41) is 8.12. The minimum atomic E-state index is -0.117. The molecule has 150 valence electrons. The summed E-state index contributed by atoms with van der Waals surface area (Å²) in [6, 6.07) is 13.2. The fourth-order valence-corrected chi connectivity index (χ4v) is 3.65. The van der Waals surface area contributed by atoms with Crippen LogP contribution in [0, 0.1) is 0 Å². The van der Waals surface area contributed by atoms with Crippen LogP contribution in [0.25, 0.3) is 5.69 Å². The minimum absolute atomic E-state index is 0.0523. The highest BCUT2D eigenvalue weighted by atomic mass is 35.5. The zero-order valence-corrected chi connectivity index (χ0v) is 17.1. The topological polar surface area (TPSA) is 65.4 Å². The lowest BCUT2D eigenvalue weighted by Crippen LogP contribution is -2.24. The highest BCUT2D eigenvalue weighted by molar-refractivity contribution is 6.30. The van der Waals surface area contributed by atoms with Crippen LogP contribution < -0.4 is 14.8 Å². The lowest BCUT2D eigenvalue weighted by atomic mass is 9.87. The van der Waals surface area contributed by atoms with Gasteiger partial charge >= 0.3 is 0 Å². The predicted octanol–water partition coefficient (Wildman–Crippen LogP) is 4.80. The zero-order chi connectivity index (χ0) is 20.4. The predicted molar refractivity (Wildman–Crippen MR) is 112 cm³/mol. The maximum absolute atomic E-state index is 12.5. The van der Waals surface area contributed by atoms with Gasteiger partial charge in [-0.05, 0) is 48.4 Å². The summed E-state index contributed by atoms with van der Waals surface area (Å²) in [4.78, 5) is 12.5. The monoisotopic (exact) mass is 411 g/mol. The first-order valence-electron chi connectivity index (χ1n) is 9.55. The molecule has 2 heterocycles. The fraction of sp³-hybridized carbons (Fsp3) is 0.273. The Balaban J connectivity index is 1.72. The number of halogens is 1. The molecule has 6 nitrogen and oxygen atoms in total. The molecule has 4 rings (SSSR count). The van der Waals surface area contributed by atoms with Gasteiger partial charge in [0.05, 0.1) is 25.6 Å². The number of methoxy groups -OCH3 is 1. The van der Waals surface area contributed by atoms with Crippen molar-refractivity contribution in [3.63, 3.8) is 0 Å². The number of hydrogen-bond donors (Lipinski definition) is 1. The van der Waals surface area contributed by atoms with E-state index in [2.05, 4.69) is 17.3 Å². The third kappa shape index (κ3) is 3.80. The Hall–Kier alpha value is -2.99. The van der Waals surface area contributed by atoms with Crippen LogP contribution in [-0.2, 0) is 4.79 Å². The largest absolute Gasteiger partial charge is 0.493 e. The van der Waals surface area contributed by atoms with Gasteiger partial charge in [-0.25, -0.2) is 4.68 Å². The molecule has 0 aliphatic carbocycles. The summed E-state index contributed by atoms with van der Waals surface area (Å²) < 4.78 is 13.0. The Labute approximate surface area is 174 Å². The Morgan fingerprint density at radius 3 is 2.72 bits per heavy atom. The lowest BCUT2D eigenvalue weighted by molar-refractivity contribution is -0.116. The molecule has 0 spiro atoms. The minimum Gasteiger partial charge on any atom is -0.493 e. The summed E-state index contributed by atoms with van der Waals surface area (Å²) in [6.45, 7) is 2.68. The van der Waals surface area contributed by atoms with Crippen molar-refractivity contribution in [3.8, 4) is 17.2 Å². The molecule has 0 bridgehead atoms. The van der Waals surface area contributed by atoms with E-state index in [-0.39, 0.29) is 11.8 Å². The van der Waals surface area contributed by atoms with Crippen molar-refractivity contribution in [1.82, 2.24) is 9.78 Å². The molecule has 1 aliphatic rings. The first kappa shape index (κ1) is 19.3. The van der Waals surface area contributed by atoms with Crippen LogP contribution in [-0.4, -0.2) is 29.4 Å². The molecule has 1 atom stereocenters. The highest BCUT2D eigenvalue weighted by Gasteiger charge is 2.31. The molecule has 1 N–H and O–H groups in total. The van der Waals surface area contributed by atoms with Crippen molar-refractivity contribution in [3.05, 3.63) is 64.8 Å². The van der Waals surface area contributed by atoms with Gasteiger partial charge in [-0.15, -0.1) is 0 Å². The second-order valence-corrected chi connectivity index (χ2v) is 7.34. The van der Waals surface area contributed by atoms with Crippen molar-refractivity contribution >= 4 is 23.3 Å². The number of nitrogens with one attached hydrogen (secondary N) is 1. The SMILES string of the molecule is CCCOc1ccc([C@H]2CC(=O)Nc3c2cnn3-c2ccc(Cl)cc2)cc1OC. The number of ether oxygens (including phenoxy) is 2. The molecule has 1 aliphatic heterocycles. The Bertz CT molecular complexity index is 1030. The molecule has 0 saturated heterocycles. The van der Waals surface area contributed by atoms with Crippen molar-refractivity contribution in [2.24, 2.45) is 0 Å². The molecule has 3 aromatic rings. The Morgan fingerprint density at radius 2 is 2.00 bits per heavy atom. The van der Waals surface area contributed by atoms with Gasteiger partial charge in [0.15, 0.2) is 11.5 Å². The summed E-state index contributed by atoms with van der Waals surface area (Å²) in [6.07, 6.45) is 3.07. The second kappa shape index (κ2) is 8.17. The maximum Gasteiger partial charge on any atom is 0.226 e. The van der Waals surface area contributed by atoms with E-state index >= 15 is 0 Å². The molecule has 7 heteroatoms. The Morgan fingerprint density at radius 1 is 1.21 bits per heavy atom. The molecule has 29 heavy (non-hydrogen) atoms. The summed E-state index contributed by atoms with van der Waals surface area (Å²) >= 11 is 5.99. The average molecular weight is 412 g/mol. The maximum atomic E-state index is 12.5. The number of nitrogens with zero attached hydrogens (tertiary/aromatic N) is 2. The van der Waals surface area contributed by atoms with Crippen LogP contribution in [0.3, 0.4) is 0 Å². The van der Waals surface area contributed by atoms with Crippen LogP contribution in [0.4, 0.5) is 5.82 Å². The van der Waals surface area contributed by atoms with E-state index in [9.17, 15) is 4.79 Å². The first-order valence-corrected chi connectivity index (χ1v) is 9.93. The number of carbonyl (C=O) groups excluding carboxylic acids is 1.